The summed E-state index contributed by atoms with van der Waals surface area (Å²) in [6, 6.07) is 27.2. The van der Waals surface area contributed by atoms with E-state index in [0.717, 1.165) is 16.9 Å². The lowest BCUT2D eigenvalue weighted by Gasteiger charge is -2.10. The number of nitrogens with one attached hydrogen (secondary N) is 1. The third-order valence-corrected chi connectivity index (χ3v) is 3.95. The zero-order chi connectivity index (χ0) is 15.5. The lowest BCUT2D eigenvalue weighted by Crippen LogP contribution is -1.91. The molecule has 0 unspecified atom stereocenters. The first kappa shape index (κ1) is 13.5. The molecule has 1 N–H and O–H groups in total. The van der Waals surface area contributed by atoms with Gasteiger partial charge in [-0.1, -0.05) is 54.6 Å². The van der Waals surface area contributed by atoms with Crippen molar-refractivity contribution in [3.8, 4) is 11.1 Å². The fourth-order valence-electron chi connectivity index (χ4n) is 2.77. The topological polar surface area (TPSA) is 24.9 Å². The van der Waals surface area contributed by atoms with Gasteiger partial charge in [-0.3, -0.25) is 4.98 Å². The van der Waals surface area contributed by atoms with E-state index < -0.39 is 0 Å². The van der Waals surface area contributed by atoms with Crippen LogP contribution in [-0.4, -0.2) is 4.98 Å². The molecule has 0 aliphatic heterocycles. The molecule has 0 saturated carbocycles. The van der Waals surface area contributed by atoms with Crippen molar-refractivity contribution in [3.05, 3.63) is 91.3 Å². The molecule has 0 aliphatic rings. The molecule has 0 spiro atoms. The molecule has 1 heterocycles. The number of benzene rings is 3. The van der Waals surface area contributed by atoms with Crippen molar-refractivity contribution in [2.24, 2.45) is 0 Å². The summed E-state index contributed by atoms with van der Waals surface area (Å²) in [6.45, 7) is 0. The number of nitrogens with zero attached hydrogens (tertiary/aromatic N) is 1. The molecule has 0 amide bonds. The molecule has 0 saturated heterocycles. The highest BCUT2D eigenvalue weighted by Crippen LogP contribution is 2.27. The maximum absolute atomic E-state index is 4.17. The summed E-state index contributed by atoms with van der Waals surface area (Å²) in [7, 11) is 0. The Kier molecular flexibility index (Phi) is 3.49. The summed E-state index contributed by atoms with van der Waals surface area (Å²) < 4.78 is 0. The van der Waals surface area contributed by atoms with Gasteiger partial charge in [-0.15, -0.1) is 0 Å². The smallest absolute Gasteiger partial charge is 0.0463 e. The maximum atomic E-state index is 4.17. The van der Waals surface area contributed by atoms with E-state index in [2.05, 4.69) is 83.1 Å². The summed E-state index contributed by atoms with van der Waals surface area (Å²) in [6.07, 6.45) is 3.67. The normalized spacial score (nSPS) is 10.6. The Balaban J connectivity index is 1.64. The van der Waals surface area contributed by atoms with Crippen molar-refractivity contribution in [2.45, 2.75) is 0 Å². The van der Waals surface area contributed by atoms with Gasteiger partial charge in [-0.05, 0) is 40.8 Å². The SMILES string of the molecule is c1cncc(-c2ccc(Nc3cccc4ccccc34)cc2)c1. The summed E-state index contributed by atoms with van der Waals surface area (Å²) in [5.74, 6) is 0. The second-order valence-corrected chi connectivity index (χ2v) is 5.47. The van der Waals surface area contributed by atoms with Crippen molar-refractivity contribution in [1.82, 2.24) is 4.98 Å². The maximum Gasteiger partial charge on any atom is 0.0463 e. The number of anilines is 2. The van der Waals surface area contributed by atoms with Gasteiger partial charge >= 0.3 is 0 Å². The van der Waals surface area contributed by atoms with Gasteiger partial charge in [0.1, 0.15) is 0 Å². The lowest BCUT2D eigenvalue weighted by molar-refractivity contribution is 1.33. The van der Waals surface area contributed by atoms with Gasteiger partial charge in [0.2, 0.25) is 0 Å². The molecule has 23 heavy (non-hydrogen) atoms. The van der Waals surface area contributed by atoms with Gasteiger partial charge in [-0.2, -0.15) is 0 Å². The Bertz CT molecular complexity index is 923. The summed E-state index contributed by atoms with van der Waals surface area (Å²) >= 11 is 0. The second kappa shape index (κ2) is 5.93. The number of fused-ring (bicyclic) bond motifs is 1. The van der Waals surface area contributed by atoms with E-state index in [0.29, 0.717) is 0 Å². The zero-order valence-corrected chi connectivity index (χ0v) is 12.6. The molecule has 3 aromatic carbocycles. The highest BCUT2D eigenvalue weighted by Gasteiger charge is 2.02. The van der Waals surface area contributed by atoms with Crippen LogP contribution in [0.5, 0.6) is 0 Å². The molecular formula is C21H16N2. The van der Waals surface area contributed by atoms with Crippen LogP contribution in [-0.2, 0) is 0 Å². The van der Waals surface area contributed by atoms with Crippen LogP contribution in [0.25, 0.3) is 21.9 Å². The third-order valence-electron chi connectivity index (χ3n) is 3.95. The zero-order valence-electron chi connectivity index (χ0n) is 12.6. The van der Waals surface area contributed by atoms with Crippen molar-refractivity contribution >= 4 is 22.1 Å². The fraction of sp³-hybridized carbons (Fsp3) is 0. The molecular weight excluding hydrogens is 280 g/mol. The van der Waals surface area contributed by atoms with Gasteiger partial charge < -0.3 is 5.32 Å². The number of pyridine rings is 1. The van der Waals surface area contributed by atoms with Crippen LogP contribution >= 0.6 is 0 Å². The second-order valence-electron chi connectivity index (χ2n) is 5.47. The van der Waals surface area contributed by atoms with E-state index in [-0.39, 0.29) is 0 Å². The van der Waals surface area contributed by atoms with Crippen molar-refractivity contribution in [2.75, 3.05) is 5.32 Å². The average molecular weight is 296 g/mol. The van der Waals surface area contributed by atoms with Crippen LogP contribution < -0.4 is 5.32 Å². The first-order valence-corrected chi connectivity index (χ1v) is 7.65. The lowest BCUT2D eigenvalue weighted by atomic mass is 10.1. The minimum Gasteiger partial charge on any atom is -0.355 e. The Morgan fingerprint density at radius 1 is 0.652 bits per heavy atom. The van der Waals surface area contributed by atoms with Gasteiger partial charge in [0.15, 0.2) is 0 Å². The summed E-state index contributed by atoms with van der Waals surface area (Å²) in [5.41, 5.74) is 4.50. The largest absolute Gasteiger partial charge is 0.355 e. The highest BCUT2D eigenvalue weighted by atomic mass is 14.9. The van der Waals surface area contributed by atoms with Crippen molar-refractivity contribution in [1.29, 1.82) is 0 Å². The molecule has 110 valence electrons. The van der Waals surface area contributed by atoms with Crippen LogP contribution in [0.2, 0.25) is 0 Å². The first-order chi connectivity index (χ1) is 11.4. The van der Waals surface area contributed by atoms with Gasteiger partial charge in [0, 0.05) is 29.2 Å². The van der Waals surface area contributed by atoms with E-state index in [1.54, 1.807) is 6.20 Å². The van der Waals surface area contributed by atoms with Crippen molar-refractivity contribution in [3.63, 3.8) is 0 Å². The number of aromatic nitrogens is 1. The first-order valence-electron chi connectivity index (χ1n) is 7.65. The third kappa shape index (κ3) is 2.79. The molecule has 4 aromatic rings. The molecule has 0 radical (unpaired) electrons. The van der Waals surface area contributed by atoms with Crippen LogP contribution in [0, 0.1) is 0 Å². The Morgan fingerprint density at radius 3 is 2.30 bits per heavy atom. The van der Waals surface area contributed by atoms with Crippen LogP contribution in [0.3, 0.4) is 0 Å². The fourth-order valence-corrected chi connectivity index (χ4v) is 2.77. The predicted octanol–water partition coefficient (Wildman–Crippen LogP) is 5.65. The molecule has 0 atom stereocenters. The van der Waals surface area contributed by atoms with Crippen LogP contribution in [0.15, 0.2) is 91.3 Å². The van der Waals surface area contributed by atoms with E-state index in [1.165, 1.54) is 16.3 Å². The molecule has 1 aromatic heterocycles. The molecule has 2 nitrogen and oxygen atoms in total. The van der Waals surface area contributed by atoms with E-state index >= 15 is 0 Å². The Labute approximate surface area is 135 Å². The van der Waals surface area contributed by atoms with Gasteiger partial charge in [-0.25, -0.2) is 0 Å². The minimum atomic E-state index is 1.08. The molecule has 0 fully saturated rings. The highest BCUT2D eigenvalue weighted by molar-refractivity contribution is 5.95. The van der Waals surface area contributed by atoms with Crippen LogP contribution in [0.4, 0.5) is 11.4 Å². The molecule has 0 aliphatic carbocycles. The Morgan fingerprint density at radius 2 is 1.48 bits per heavy atom. The van der Waals surface area contributed by atoms with Crippen LogP contribution in [0.1, 0.15) is 0 Å². The number of hydrogen-bond donors (Lipinski definition) is 1. The quantitative estimate of drug-likeness (QED) is 0.528. The number of hydrogen-bond acceptors (Lipinski definition) is 2. The molecule has 4 rings (SSSR count). The minimum absolute atomic E-state index is 1.08. The predicted molar refractivity (Wildman–Crippen MR) is 96.9 cm³/mol. The Hall–Kier alpha value is -3.13. The summed E-state index contributed by atoms with van der Waals surface area (Å²) in [5, 5.41) is 5.98. The summed E-state index contributed by atoms with van der Waals surface area (Å²) in [4.78, 5) is 4.17. The van der Waals surface area contributed by atoms with E-state index in [9.17, 15) is 0 Å². The van der Waals surface area contributed by atoms with E-state index in [4.69, 9.17) is 0 Å². The van der Waals surface area contributed by atoms with Crippen molar-refractivity contribution < 1.29 is 0 Å². The standard InChI is InChI=1S/C21H16N2/c1-2-8-20-17(5-1)6-3-9-21(20)23-19-12-10-16(11-13-19)18-7-4-14-22-15-18/h1-15,23H. The van der Waals surface area contributed by atoms with Gasteiger partial charge in [0.05, 0.1) is 0 Å². The van der Waals surface area contributed by atoms with Gasteiger partial charge in [0.25, 0.3) is 0 Å². The average Bonchev–Trinajstić information content (AvgIpc) is 2.63. The number of rotatable bonds is 3. The molecule has 0 bridgehead atoms. The monoisotopic (exact) mass is 296 g/mol. The van der Waals surface area contributed by atoms with E-state index in [1.807, 2.05) is 12.3 Å². The molecule has 2 heteroatoms.